The molecule has 3 rings (SSSR count). The van der Waals surface area contributed by atoms with Gasteiger partial charge < -0.3 is 9.80 Å². The smallest absolute Gasteiger partial charge is 0.255 e. The van der Waals surface area contributed by atoms with E-state index in [-0.39, 0.29) is 5.91 Å². The van der Waals surface area contributed by atoms with E-state index in [2.05, 4.69) is 31.9 Å². The number of nitriles is 1. The average molecular weight is 371 g/mol. The molecule has 1 aliphatic heterocycles. The van der Waals surface area contributed by atoms with Gasteiger partial charge in [0.2, 0.25) is 0 Å². The van der Waals surface area contributed by atoms with Crippen LogP contribution in [0.2, 0.25) is 0 Å². The Morgan fingerprint density at radius 3 is 2.61 bits per heavy atom. The van der Waals surface area contributed by atoms with E-state index in [1.807, 2.05) is 29.2 Å². The first-order chi connectivity index (χ1) is 11.2. The molecule has 1 saturated heterocycles. The molecular weight excluding hydrogens is 356 g/mol. The Morgan fingerprint density at radius 1 is 1.17 bits per heavy atom. The fraction of sp³-hybridized carbons (Fsp3) is 0.235. The van der Waals surface area contributed by atoms with Gasteiger partial charge in [-0.3, -0.25) is 4.79 Å². The van der Waals surface area contributed by atoms with Gasteiger partial charge in [0, 0.05) is 36.8 Å². The van der Waals surface area contributed by atoms with Crippen molar-refractivity contribution in [3.63, 3.8) is 0 Å². The number of piperazine rings is 1. The SMILES string of the molecule is N#Cc1ccnc(N2CCN(C(=O)c3ccccc3Br)CC2)c1. The fourth-order valence-corrected chi connectivity index (χ4v) is 3.06. The molecule has 2 heterocycles. The number of pyridine rings is 1. The maximum absolute atomic E-state index is 12.6. The fourth-order valence-electron chi connectivity index (χ4n) is 2.60. The van der Waals surface area contributed by atoms with Crippen molar-refractivity contribution in [1.29, 1.82) is 5.26 Å². The number of benzene rings is 1. The molecule has 5 nitrogen and oxygen atoms in total. The van der Waals surface area contributed by atoms with E-state index in [1.54, 1.807) is 18.3 Å². The topological polar surface area (TPSA) is 60.2 Å². The molecule has 1 amide bonds. The molecule has 0 unspecified atom stereocenters. The summed E-state index contributed by atoms with van der Waals surface area (Å²) in [7, 11) is 0. The first-order valence-corrected chi connectivity index (χ1v) is 8.13. The van der Waals surface area contributed by atoms with E-state index in [0.29, 0.717) is 37.3 Å². The van der Waals surface area contributed by atoms with Crippen LogP contribution in [0.15, 0.2) is 47.1 Å². The summed E-state index contributed by atoms with van der Waals surface area (Å²) < 4.78 is 0.816. The van der Waals surface area contributed by atoms with Crippen LogP contribution in [-0.4, -0.2) is 42.0 Å². The summed E-state index contributed by atoms with van der Waals surface area (Å²) in [6.45, 7) is 2.69. The highest BCUT2D eigenvalue weighted by Crippen LogP contribution is 2.20. The minimum atomic E-state index is 0.0378. The highest BCUT2D eigenvalue weighted by molar-refractivity contribution is 9.10. The standard InChI is InChI=1S/C17H15BrN4O/c18-15-4-2-1-3-14(15)17(23)22-9-7-21(8-10-22)16-11-13(12-19)5-6-20-16/h1-6,11H,7-10H2. The summed E-state index contributed by atoms with van der Waals surface area (Å²) in [6, 6.07) is 13.1. The zero-order chi connectivity index (χ0) is 16.2. The van der Waals surface area contributed by atoms with Gasteiger partial charge >= 0.3 is 0 Å². The second-order valence-electron chi connectivity index (χ2n) is 5.27. The molecule has 1 aromatic heterocycles. The summed E-state index contributed by atoms with van der Waals surface area (Å²) >= 11 is 3.43. The third-order valence-electron chi connectivity index (χ3n) is 3.87. The first-order valence-electron chi connectivity index (χ1n) is 7.34. The molecule has 0 saturated carbocycles. The van der Waals surface area contributed by atoms with Gasteiger partial charge in [0.25, 0.3) is 5.91 Å². The third kappa shape index (κ3) is 3.35. The summed E-state index contributed by atoms with van der Waals surface area (Å²) in [5, 5.41) is 8.97. The van der Waals surface area contributed by atoms with Gasteiger partial charge in [-0.05, 0) is 40.2 Å². The van der Waals surface area contributed by atoms with Gasteiger partial charge in [-0.25, -0.2) is 4.98 Å². The van der Waals surface area contributed by atoms with Crippen LogP contribution in [0, 0.1) is 11.3 Å². The average Bonchev–Trinajstić information content (AvgIpc) is 2.62. The summed E-state index contributed by atoms with van der Waals surface area (Å²) in [6.07, 6.45) is 1.65. The molecule has 0 spiro atoms. The molecule has 0 N–H and O–H groups in total. The predicted octanol–water partition coefficient (Wildman–Crippen LogP) is 2.68. The normalized spacial score (nSPS) is 14.4. The monoisotopic (exact) mass is 370 g/mol. The third-order valence-corrected chi connectivity index (χ3v) is 4.56. The van der Waals surface area contributed by atoms with Gasteiger partial charge in [0.05, 0.1) is 17.2 Å². The van der Waals surface area contributed by atoms with Crippen LogP contribution in [0.5, 0.6) is 0 Å². The number of amides is 1. The Balaban J connectivity index is 1.68. The Morgan fingerprint density at radius 2 is 1.91 bits per heavy atom. The van der Waals surface area contributed by atoms with Crippen molar-refractivity contribution in [2.45, 2.75) is 0 Å². The minimum Gasteiger partial charge on any atom is -0.353 e. The van der Waals surface area contributed by atoms with E-state index in [1.165, 1.54) is 0 Å². The Hall–Kier alpha value is -2.39. The van der Waals surface area contributed by atoms with Crippen molar-refractivity contribution >= 4 is 27.7 Å². The second-order valence-corrected chi connectivity index (χ2v) is 6.13. The summed E-state index contributed by atoms with van der Waals surface area (Å²) in [4.78, 5) is 20.9. The molecule has 1 aromatic carbocycles. The van der Waals surface area contributed by atoms with Crippen molar-refractivity contribution in [3.05, 3.63) is 58.2 Å². The number of carbonyl (C=O) groups excluding carboxylic acids is 1. The number of rotatable bonds is 2. The number of hydrogen-bond acceptors (Lipinski definition) is 4. The van der Waals surface area contributed by atoms with Crippen molar-refractivity contribution in [1.82, 2.24) is 9.88 Å². The quantitative estimate of drug-likeness (QED) is 0.815. The lowest BCUT2D eigenvalue weighted by molar-refractivity contribution is 0.0745. The highest BCUT2D eigenvalue weighted by Gasteiger charge is 2.23. The van der Waals surface area contributed by atoms with Crippen molar-refractivity contribution in [2.24, 2.45) is 0 Å². The van der Waals surface area contributed by atoms with Crippen LogP contribution in [-0.2, 0) is 0 Å². The molecule has 1 aliphatic rings. The number of halogens is 1. The van der Waals surface area contributed by atoms with Gasteiger partial charge in [-0.15, -0.1) is 0 Å². The first kappa shape index (κ1) is 15.5. The molecule has 0 radical (unpaired) electrons. The van der Waals surface area contributed by atoms with Gasteiger partial charge in [0.15, 0.2) is 0 Å². The van der Waals surface area contributed by atoms with Crippen LogP contribution in [0.4, 0.5) is 5.82 Å². The van der Waals surface area contributed by atoms with E-state index >= 15 is 0 Å². The summed E-state index contributed by atoms with van der Waals surface area (Å²) in [5.41, 5.74) is 1.28. The predicted molar refractivity (Wildman–Crippen MR) is 91.2 cm³/mol. The summed E-state index contributed by atoms with van der Waals surface area (Å²) in [5.74, 6) is 0.827. The Bertz CT molecular complexity index is 763. The van der Waals surface area contributed by atoms with Gasteiger partial charge in [-0.1, -0.05) is 12.1 Å². The number of carbonyl (C=O) groups is 1. The molecule has 0 aliphatic carbocycles. The second kappa shape index (κ2) is 6.80. The highest BCUT2D eigenvalue weighted by atomic mass is 79.9. The largest absolute Gasteiger partial charge is 0.353 e. The lowest BCUT2D eigenvalue weighted by Crippen LogP contribution is -2.49. The Labute approximate surface area is 143 Å². The number of aromatic nitrogens is 1. The van der Waals surface area contributed by atoms with Gasteiger partial charge in [-0.2, -0.15) is 5.26 Å². The van der Waals surface area contributed by atoms with Gasteiger partial charge in [0.1, 0.15) is 5.82 Å². The maximum atomic E-state index is 12.6. The molecule has 116 valence electrons. The number of anilines is 1. The number of hydrogen-bond donors (Lipinski definition) is 0. The van der Waals surface area contributed by atoms with Crippen molar-refractivity contribution in [3.8, 4) is 6.07 Å². The lowest BCUT2D eigenvalue weighted by atomic mass is 10.2. The molecular formula is C17H15BrN4O. The van der Waals surface area contributed by atoms with Crippen molar-refractivity contribution < 1.29 is 4.79 Å². The molecule has 6 heteroatoms. The van der Waals surface area contributed by atoms with Crippen molar-refractivity contribution in [2.75, 3.05) is 31.1 Å². The molecule has 2 aromatic rings. The van der Waals surface area contributed by atoms with Crippen LogP contribution in [0.1, 0.15) is 15.9 Å². The maximum Gasteiger partial charge on any atom is 0.255 e. The molecule has 0 atom stereocenters. The minimum absolute atomic E-state index is 0.0378. The van der Waals surface area contributed by atoms with Crippen LogP contribution in [0.25, 0.3) is 0 Å². The molecule has 1 fully saturated rings. The zero-order valence-corrected chi connectivity index (χ0v) is 14.0. The van der Waals surface area contributed by atoms with Crippen LogP contribution >= 0.6 is 15.9 Å². The number of nitrogens with zero attached hydrogens (tertiary/aromatic N) is 4. The Kier molecular flexibility index (Phi) is 4.58. The zero-order valence-electron chi connectivity index (χ0n) is 12.4. The molecule has 23 heavy (non-hydrogen) atoms. The lowest BCUT2D eigenvalue weighted by Gasteiger charge is -2.35. The van der Waals surface area contributed by atoms with E-state index in [9.17, 15) is 4.79 Å². The van der Waals surface area contributed by atoms with Crippen LogP contribution in [0.3, 0.4) is 0 Å². The molecule has 0 bridgehead atoms. The van der Waals surface area contributed by atoms with E-state index in [0.717, 1.165) is 10.3 Å². The van der Waals surface area contributed by atoms with E-state index < -0.39 is 0 Å². The van der Waals surface area contributed by atoms with E-state index in [4.69, 9.17) is 5.26 Å². The van der Waals surface area contributed by atoms with Crippen LogP contribution < -0.4 is 4.90 Å².